The molecule has 0 bridgehead atoms. The van der Waals surface area contributed by atoms with Crippen molar-refractivity contribution < 1.29 is 19.1 Å². The fourth-order valence-electron chi connectivity index (χ4n) is 2.59. The van der Waals surface area contributed by atoms with E-state index in [9.17, 15) is 14.4 Å². The Morgan fingerprint density at radius 2 is 2.04 bits per heavy atom. The number of rotatable bonds is 6. The van der Waals surface area contributed by atoms with E-state index >= 15 is 0 Å². The molecular formula is C18H22N2O4S. The number of nitrogens with zero attached hydrogens (tertiary/aromatic N) is 1. The number of benzene rings is 1. The summed E-state index contributed by atoms with van der Waals surface area (Å²) < 4.78 is 4.98. The molecule has 1 saturated heterocycles. The number of likely N-dealkylation sites (tertiary alicyclic amines) is 1. The van der Waals surface area contributed by atoms with Crippen molar-refractivity contribution in [3.63, 3.8) is 0 Å². The summed E-state index contributed by atoms with van der Waals surface area (Å²) in [7, 11) is 0. The summed E-state index contributed by atoms with van der Waals surface area (Å²) >= 11 is 1.64. The number of carbonyl (C=O) groups is 3. The van der Waals surface area contributed by atoms with Gasteiger partial charge in [-0.05, 0) is 42.9 Å². The maximum atomic E-state index is 12.1. The van der Waals surface area contributed by atoms with Gasteiger partial charge in [-0.1, -0.05) is 12.1 Å². The second-order valence-electron chi connectivity index (χ2n) is 5.80. The molecule has 1 aliphatic heterocycles. The Balaban J connectivity index is 1.79. The van der Waals surface area contributed by atoms with Crippen molar-refractivity contribution in [1.29, 1.82) is 0 Å². The molecule has 2 N–H and O–H groups in total. The highest BCUT2D eigenvalue weighted by Gasteiger charge is 2.27. The van der Waals surface area contributed by atoms with Crippen LogP contribution in [0.3, 0.4) is 0 Å². The number of piperidine rings is 1. The van der Waals surface area contributed by atoms with Crippen LogP contribution in [0.4, 0.5) is 0 Å². The first-order chi connectivity index (χ1) is 12.0. The van der Waals surface area contributed by atoms with Crippen molar-refractivity contribution >= 4 is 35.6 Å². The van der Waals surface area contributed by atoms with Gasteiger partial charge in [-0.3, -0.25) is 9.59 Å². The van der Waals surface area contributed by atoms with E-state index in [-0.39, 0.29) is 18.4 Å². The smallest absolute Gasteiger partial charge is 0.331 e. The van der Waals surface area contributed by atoms with Gasteiger partial charge in [0.05, 0.1) is 5.92 Å². The lowest BCUT2D eigenvalue weighted by atomic mass is 9.97. The van der Waals surface area contributed by atoms with Crippen LogP contribution in [0.25, 0.3) is 6.08 Å². The molecule has 7 heteroatoms. The maximum Gasteiger partial charge on any atom is 0.331 e. The first-order valence-electron chi connectivity index (χ1n) is 8.05. The molecule has 2 amide bonds. The zero-order valence-corrected chi connectivity index (χ0v) is 15.0. The molecule has 0 aliphatic carbocycles. The molecule has 1 aliphatic rings. The summed E-state index contributed by atoms with van der Waals surface area (Å²) in [6.45, 7) is 0.515. The minimum Gasteiger partial charge on any atom is -0.452 e. The molecule has 0 saturated carbocycles. The number of hydrogen-bond donors (Lipinski definition) is 1. The highest BCUT2D eigenvalue weighted by molar-refractivity contribution is 7.98. The highest BCUT2D eigenvalue weighted by Crippen LogP contribution is 2.17. The lowest BCUT2D eigenvalue weighted by molar-refractivity contribution is -0.149. The third-order valence-electron chi connectivity index (χ3n) is 4.04. The summed E-state index contributed by atoms with van der Waals surface area (Å²) in [6, 6.07) is 7.73. The average molecular weight is 362 g/mol. The van der Waals surface area contributed by atoms with Crippen molar-refractivity contribution in [2.45, 2.75) is 17.7 Å². The van der Waals surface area contributed by atoms with E-state index < -0.39 is 11.9 Å². The molecular weight excluding hydrogens is 340 g/mol. The van der Waals surface area contributed by atoms with Crippen molar-refractivity contribution in [3.8, 4) is 0 Å². The molecule has 0 radical (unpaired) electrons. The van der Waals surface area contributed by atoms with Crippen LogP contribution < -0.4 is 5.73 Å². The molecule has 134 valence electrons. The van der Waals surface area contributed by atoms with Gasteiger partial charge in [0.2, 0.25) is 5.91 Å². The van der Waals surface area contributed by atoms with Gasteiger partial charge in [-0.15, -0.1) is 11.8 Å². The van der Waals surface area contributed by atoms with Crippen LogP contribution in [0.15, 0.2) is 35.2 Å². The SMILES string of the molecule is CSc1ccc(/C=C/C(=O)OCC(=O)N2CCC[C@H](C(N)=O)C2)cc1. The van der Waals surface area contributed by atoms with Gasteiger partial charge >= 0.3 is 5.97 Å². The minimum absolute atomic E-state index is 0.295. The van der Waals surface area contributed by atoms with Crippen LogP contribution in [0.2, 0.25) is 0 Å². The third kappa shape index (κ3) is 5.94. The molecule has 25 heavy (non-hydrogen) atoms. The zero-order valence-electron chi connectivity index (χ0n) is 14.1. The molecule has 0 unspecified atom stereocenters. The van der Waals surface area contributed by atoms with Gasteiger partial charge in [-0.2, -0.15) is 0 Å². The summed E-state index contributed by atoms with van der Waals surface area (Å²) in [5, 5.41) is 0. The second-order valence-corrected chi connectivity index (χ2v) is 6.68. The van der Waals surface area contributed by atoms with Crippen LogP contribution in [0, 0.1) is 5.92 Å². The van der Waals surface area contributed by atoms with Crippen molar-refractivity contribution in [1.82, 2.24) is 4.90 Å². The molecule has 1 aromatic carbocycles. The van der Waals surface area contributed by atoms with Crippen LogP contribution in [-0.4, -0.2) is 48.6 Å². The first kappa shape index (κ1) is 19.1. The van der Waals surface area contributed by atoms with Crippen LogP contribution in [-0.2, 0) is 19.1 Å². The van der Waals surface area contributed by atoms with E-state index in [1.54, 1.807) is 17.8 Å². The Labute approximate surface area is 151 Å². The quantitative estimate of drug-likeness (QED) is 0.472. The number of esters is 1. The van der Waals surface area contributed by atoms with Gasteiger partial charge in [0.25, 0.3) is 5.91 Å². The molecule has 1 fully saturated rings. The Hall–Kier alpha value is -2.28. The van der Waals surface area contributed by atoms with Gasteiger partial charge in [0.1, 0.15) is 0 Å². The third-order valence-corrected chi connectivity index (χ3v) is 4.79. The zero-order chi connectivity index (χ0) is 18.2. The monoisotopic (exact) mass is 362 g/mol. The molecule has 2 rings (SSSR count). The Kier molecular flexibility index (Phi) is 7.06. The number of nitrogens with two attached hydrogens (primary N) is 1. The average Bonchev–Trinajstić information content (AvgIpc) is 2.64. The normalized spacial score (nSPS) is 17.5. The molecule has 0 aromatic heterocycles. The molecule has 1 heterocycles. The number of primary amides is 1. The van der Waals surface area contributed by atoms with E-state index in [0.717, 1.165) is 16.9 Å². The predicted molar refractivity (Wildman–Crippen MR) is 96.7 cm³/mol. The number of carbonyl (C=O) groups excluding carboxylic acids is 3. The van der Waals surface area contributed by atoms with Gasteiger partial charge in [0.15, 0.2) is 6.61 Å². The van der Waals surface area contributed by atoms with E-state index in [2.05, 4.69) is 0 Å². The van der Waals surface area contributed by atoms with E-state index in [0.29, 0.717) is 19.5 Å². The van der Waals surface area contributed by atoms with E-state index in [4.69, 9.17) is 10.5 Å². The van der Waals surface area contributed by atoms with E-state index in [1.807, 2.05) is 30.5 Å². The van der Waals surface area contributed by atoms with Crippen LogP contribution in [0.1, 0.15) is 18.4 Å². The number of hydrogen-bond acceptors (Lipinski definition) is 5. The Bertz CT molecular complexity index is 658. The topological polar surface area (TPSA) is 89.7 Å². The number of ether oxygens (including phenoxy) is 1. The maximum absolute atomic E-state index is 12.1. The molecule has 1 atom stereocenters. The minimum atomic E-state index is -0.578. The lowest BCUT2D eigenvalue weighted by Crippen LogP contribution is -2.45. The fraction of sp³-hybridized carbons (Fsp3) is 0.389. The fourth-order valence-corrected chi connectivity index (χ4v) is 3.00. The molecule has 0 spiro atoms. The standard InChI is InChI=1S/C18H22N2O4S/c1-25-15-7-4-13(5-8-15)6-9-17(22)24-12-16(21)20-10-2-3-14(11-20)18(19)23/h4-9,14H,2-3,10-12H2,1H3,(H2,19,23)/b9-6+/t14-/m0/s1. The summed E-state index contributed by atoms with van der Waals surface area (Å²) in [5.41, 5.74) is 6.17. The lowest BCUT2D eigenvalue weighted by Gasteiger charge is -2.30. The number of thioether (sulfide) groups is 1. The molecule has 1 aromatic rings. The van der Waals surface area contributed by atoms with Crippen molar-refractivity contribution in [2.24, 2.45) is 11.7 Å². The Morgan fingerprint density at radius 1 is 1.32 bits per heavy atom. The summed E-state index contributed by atoms with van der Waals surface area (Å²) in [6.07, 6.45) is 6.34. The van der Waals surface area contributed by atoms with Crippen LogP contribution in [0.5, 0.6) is 0 Å². The highest BCUT2D eigenvalue weighted by atomic mass is 32.2. The molecule has 6 nitrogen and oxygen atoms in total. The predicted octanol–water partition coefficient (Wildman–Crippen LogP) is 1.69. The Morgan fingerprint density at radius 3 is 2.68 bits per heavy atom. The largest absolute Gasteiger partial charge is 0.452 e. The number of amides is 2. The van der Waals surface area contributed by atoms with Crippen molar-refractivity contribution in [2.75, 3.05) is 26.0 Å². The summed E-state index contributed by atoms with van der Waals surface area (Å²) in [4.78, 5) is 37.7. The van der Waals surface area contributed by atoms with Gasteiger partial charge in [-0.25, -0.2) is 4.79 Å². The van der Waals surface area contributed by atoms with Crippen LogP contribution >= 0.6 is 11.8 Å². The van der Waals surface area contributed by atoms with Gasteiger partial charge in [0, 0.05) is 24.1 Å². The first-order valence-corrected chi connectivity index (χ1v) is 9.28. The van der Waals surface area contributed by atoms with Crippen molar-refractivity contribution in [3.05, 3.63) is 35.9 Å². The van der Waals surface area contributed by atoms with E-state index in [1.165, 1.54) is 11.0 Å². The van der Waals surface area contributed by atoms with Gasteiger partial charge < -0.3 is 15.4 Å². The summed E-state index contributed by atoms with van der Waals surface area (Å²) in [5.74, 6) is -1.61. The second kappa shape index (κ2) is 9.27.